The first-order valence-electron chi connectivity index (χ1n) is 5.16. The summed E-state index contributed by atoms with van der Waals surface area (Å²) in [5.74, 6) is -0.680. The number of nitrogens with one attached hydrogen (secondary N) is 1. The van der Waals surface area contributed by atoms with Gasteiger partial charge in [-0.1, -0.05) is 18.2 Å². The number of hydrogen-bond donors (Lipinski definition) is 1. The molecule has 1 N–H and O–H groups in total. The minimum absolute atomic E-state index is 0.337. The van der Waals surface area contributed by atoms with E-state index in [0.29, 0.717) is 11.1 Å². The predicted octanol–water partition coefficient (Wildman–Crippen LogP) is 1.63. The molecule has 1 aromatic carbocycles. The third kappa shape index (κ3) is 1.42. The van der Waals surface area contributed by atoms with Gasteiger partial charge in [-0.3, -0.25) is 19.9 Å². The summed E-state index contributed by atoms with van der Waals surface area (Å²) in [6.07, 6.45) is 3.34. The normalized spacial score (nSPS) is 13.4. The van der Waals surface area contributed by atoms with Crippen molar-refractivity contribution in [1.82, 2.24) is 10.3 Å². The minimum Gasteiger partial charge on any atom is -0.288 e. The summed E-state index contributed by atoms with van der Waals surface area (Å²) in [4.78, 5) is 27.2. The molecule has 0 bridgehead atoms. The van der Waals surface area contributed by atoms with E-state index in [4.69, 9.17) is 0 Å². The number of carbonyl (C=O) groups is 2. The van der Waals surface area contributed by atoms with Gasteiger partial charge < -0.3 is 0 Å². The van der Waals surface area contributed by atoms with Crippen LogP contribution >= 0.6 is 0 Å². The van der Waals surface area contributed by atoms with E-state index in [1.807, 2.05) is 12.1 Å². The van der Waals surface area contributed by atoms with E-state index in [1.54, 1.807) is 30.6 Å². The molecule has 0 spiro atoms. The predicted molar refractivity (Wildman–Crippen MR) is 61.5 cm³/mol. The van der Waals surface area contributed by atoms with Crippen molar-refractivity contribution in [2.24, 2.45) is 0 Å². The van der Waals surface area contributed by atoms with Crippen LogP contribution in [0.3, 0.4) is 0 Å². The summed E-state index contributed by atoms with van der Waals surface area (Å²) in [5, 5.41) is 2.29. The second kappa shape index (κ2) is 3.52. The maximum atomic E-state index is 11.7. The summed E-state index contributed by atoms with van der Waals surface area (Å²) in [6, 6.07) is 8.88. The number of fused-ring (bicyclic) bond motifs is 1. The summed E-state index contributed by atoms with van der Waals surface area (Å²) in [5.41, 5.74) is 2.43. The number of amides is 2. The van der Waals surface area contributed by atoms with E-state index in [-0.39, 0.29) is 11.8 Å². The summed E-state index contributed by atoms with van der Waals surface area (Å²) in [7, 11) is 0. The number of nitrogens with zero attached hydrogens (tertiary/aromatic N) is 1. The third-order valence-corrected chi connectivity index (χ3v) is 2.74. The van der Waals surface area contributed by atoms with Gasteiger partial charge in [-0.2, -0.15) is 0 Å². The van der Waals surface area contributed by atoms with Gasteiger partial charge in [0.05, 0.1) is 11.1 Å². The van der Waals surface area contributed by atoms with Crippen LogP contribution in [0.15, 0.2) is 42.7 Å². The molecule has 4 nitrogen and oxygen atoms in total. The lowest BCUT2D eigenvalue weighted by molar-refractivity contribution is 0.0880. The van der Waals surface area contributed by atoms with Crippen LogP contribution in [0.1, 0.15) is 20.7 Å². The minimum atomic E-state index is -0.343. The highest BCUT2D eigenvalue weighted by atomic mass is 16.2. The Kier molecular flexibility index (Phi) is 2.01. The molecule has 0 unspecified atom stereocenters. The number of hydrogen-bond acceptors (Lipinski definition) is 3. The second-order valence-electron chi connectivity index (χ2n) is 3.75. The molecule has 82 valence electrons. The molecule has 4 heteroatoms. The van der Waals surface area contributed by atoms with Crippen LogP contribution in [0.25, 0.3) is 11.1 Å². The first-order chi connectivity index (χ1) is 8.27. The molecule has 0 saturated carbocycles. The molecule has 0 fully saturated rings. The Hall–Kier alpha value is -2.49. The van der Waals surface area contributed by atoms with E-state index in [2.05, 4.69) is 10.3 Å². The number of benzene rings is 1. The maximum Gasteiger partial charge on any atom is 0.259 e. The largest absolute Gasteiger partial charge is 0.288 e. The fraction of sp³-hybridized carbons (Fsp3) is 0. The van der Waals surface area contributed by atoms with Crippen molar-refractivity contribution in [1.29, 1.82) is 0 Å². The molecule has 0 radical (unpaired) electrons. The van der Waals surface area contributed by atoms with Crippen molar-refractivity contribution in [3.8, 4) is 11.1 Å². The van der Waals surface area contributed by atoms with E-state index in [0.717, 1.165) is 11.1 Å². The number of rotatable bonds is 1. The summed E-state index contributed by atoms with van der Waals surface area (Å²) >= 11 is 0. The van der Waals surface area contributed by atoms with Gasteiger partial charge in [0, 0.05) is 18.0 Å². The van der Waals surface area contributed by atoms with Crippen LogP contribution < -0.4 is 5.32 Å². The summed E-state index contributed by atoms with van der Waals surface area (Å²) in [6.45, 7) is 0. The van der Waals surface area contributed by atoms with Gasteiger partial charge in [-0.25, -0.2) is 0 Å². The van der Waals surface area contributed by atoms with Crippen LogP contribution in [-0.4, -0.2) is 16.8 Å². The molecule has 17 heavy (non-hydrogen) atoms. The van der Waals surface area contributed by atoms with Gasteiger partial charge in [0.25, 0.3) is 11.8 Å². The highest BCUT2D eigenvalue weighted by Crippen LogP contribution is 2.28. The van der Waals surface area contributed by atoms with Gasteiger partial charge in [0.1, 0.15) is 0 Å². The molecule has 2 amide bonds. The number of pyridine rings is 1. The number of imide groups is 1. The quantitative estimate of drug-likeness (QED) is 0.749. The molecule has 1 aliphatic rings. The smallest absolute Gasteiger partial charge is 0.259 e. The average molecular weight is 224 g/mol. The fourth-order valence-electron chi connectivity index (χ4n) is 1.98. The van der Waals surface area contributed by atoms with Crippen LogP contribution in [-0.2, 0) is 0 Å². The van der Waals surface area contributed by atoms with Crippen LogP contribution in [0.4, 0.5) is 0 Å². The van der Waals surface area contributed by atoms with Crippen molar-refractivity contribution in [3.05, 3.63) is 53.9 Å². The lowest BCUT2D eigenvalue weighted by Crippen LogP contribution is -2.20. The molecule has 1 aromatic heterocycles. The second-order valence-corrected chi connectivity index (χ2v) is 3.75. The Bertz CT molecular complexity index is 621. The van der Waals surface area contributed by atoms with E-state index in [1.165, 1.54) is 0 Å². The van der Waals surface area contributed by atoms with Crippen LogP contribution in [0.5, 0.6) is 0 Å². The highest BCUT2D eigenvalue weighted by Gasteiger charge is 2.29. The van der Waals surface area contributed by atoms with Crippen molar-refractivity contribution in [2.75, 3.05) is 0 Å². The zero-order valence-corrected chi connectivity index (χ0v) is 8.81. The third-order valence-electron chi connectivity index (χ3n) is 2.74. The average Bonchev–Trinajstić information content (AvgIpc) is 2.66. The zero-order chi connectivity index (χ0) is 11.8. The van der Waals surface area contributed by atoms with Crippen LogP contribution in [0.2, 0.25) is 0 Å². The van der Waals surface area contributed by atoms with Gasteiger partial charge >= 0.3 is 0 Å². The highest BCUT2D eigenvalue weighted by molar-refractivity contribution is 6.24. The Morgan fingerprint density at radius 2 is 1.76 bits per heavy atom. The fourth-order valence-corrected chi connectivity index (χ4v) is 1.98. The lowest BCUT2D eigenvalue weighted by Gasteiger charge is -2.04. The van der Waals surface area contributed by atoms with Gasteiger partial charge in [-0.15, -0.1) is 0 Å². The maximum absolute atomic E-state index is 11.7. The van der Waals surface area contributed by atoms with Gasteiger partial charge in [0.15, 0.2) is 0 Å². The first-order valence-corrected chi connectivity index (χ1v) is 5.16. The van der Waals surface area contributed by atoms with E-state index >= 15 is 0 Å². The Morgan fingerprint density at radius 1 is 0.941 bits per heavy atom. The van der Waals surface area contributed by atoms with E-state index < -0.39 is 0 Å². The lowest BCUT2D eigenvalue weighted by atomic mass is 9.98. The molecule has 0 atom stereocenters. The standard InChI is InChI=1S/C13H8N2O2/c16-12-10-5-1-4-9(11(10)13(17)15-12)8-3-2-6-14-7-8/h1-7H,(H,15,16,17). The number of aromatic nitrogens is 1. The molecule has 2 aromatic rings. The topological polar surface area (TPSA) is 59.1 Å². The number of carbonyl (C=O) groups excluding carboxylic acids is 2. The van der Waals surface area contributed by atoms with Crippen LogP contribution in [0, 0.1) is 0 Å². The van der Waals surface area contributed by atoms with Crippen molar-refractivity contribution >= 4 is 11.8 Å². The monoisotopic (exact) mass is 224 g/mol. The molecular weight excluding hydrogens is 216 g/mol. The summed E-state index contributed by atoms with van der Waals surface area (Å²) < 4.78 is 0. The Balaban J connectivity index is 2.27. The molecule has 2 heterocycles. The Labute approximate surface area is 97.3 Å². The zero-order valence-electron chi connectivity index (χ0n) is 8.81. The van der Waals surface area contributed by atoms with Crippen molar-refractivity contribution in [3.63, 3.8) is 0 Å². The Morgan fingerprint density at radius 3 is 2.53 bits per heavy atom. The molecule has 0 saturated heterocycles. The first kappa shape index (κ1) is 9.72. The molecular formula is C13H8N2O2. The van der Waals surface area contributed by atoms with E-state index in [9.17, 15) is 9.59 Å². The van der Waals surface area contributed by atoms with Gasteiger partial charge in [0.2, 0.25) is 0 Å². The SMILES string of the molecule is O=C1NC(=O)c2c1cccc2-c1cccnc1. The van der Waals surface area contributed by atoms with Crippen molar-refractivity contribution in [2.45, 2.75) is 0 Å². The molecule has 3 rings (SSSR count). The van der Waals surface area contributed by atoms with Gasteiger partial charge in [-0.05, 0) is 17.7 Å². The molecule has 0 aliphatic carbocycles. The molecule has 1 aliphatic heterocycles. The van der Waals surface area contributed by atoms with Crippen molar-refractivity contribution < 1.29 is 9.59 Å².